The van der Waals surface area contributed by atoms with Crippen LogP contribution in [0, 0.1) is 0 Å². The van der Waals surface area contributed by atoms with Gasteiger partial charge in [0.15, 0.2) is 0 Å². The van der Waals surface area contributed by atoms with E-state index in [1.807, 2.05) is 0 Å². The zero-order valence-corrected chi connectivity index (χ0v) is 8.87. The maximum Gasteiger partial charge on any atom is 0.0874 e. The lowest BCUT2D eigenvalue weighted by Crippen LogP contribution is -2.61. The third kappa shape index (κ3) is 4.54. The molecular weight excluding hydrogens is 168 g/mol. The van der Waals surface area contributed by atoms with E-state index in [9.17, 15) is 0 Å². The summed E-state index contributed by atoms with van der Waals surface area (Å²) in [5, 5.41) is 0. The number of nitrogens with two attached hydrogens (primary N) is 4. The highest BCUT2D eigenvalue weighted by molar-refractivity contribution is 4.83. The molecule has 0 bridgehead atoms. The van der Waals surface area contributed by atoms with Gasteiger partial charge < -0.3 is 27.7 Å². The van der Waals surface area contributed by atoms with Crippen LogP contribution in [0.15, 0.2) is 0 Å². The van der Waals surface area contributed by atoms with Gasteiger partial charge in [0.1, 0.15) is 0 Å². The molecule has 0 saturated heterocycles. The molecule has 0 aromatic heterocycles. The second kappa shape index (κ2) is 3.89. The monoisotopic (exact) mass is 190 g/mol. The Hall–Kier alpha value is -0.200. The lowest BCUT2D eigenvalue weighted by atomic mass is 10.1. The third-order valence-corrected chi connectivity index (χ3v) is 2.16. The average Bonchev–Trinajstić information content (AvgIpc) is 1.82. The van der Waals surface area contributed by atoms with Crippen molar-refractivity contribution < 1.29 is 4.74 Å². The van der Waals surface area contributed by atoms with E-state index in [0.717, 1.165) is 0 Å². The van der Waals surface area contributed by atoms with Crippen LogP contribution in [0.2, 0.25) is 0 Å². The predicted octanol–water partition coefficient (Wildman–Crippen LogP) is -0.953. The first-order valence-electron chi connectivity index (χ1n) is 4.36. The van der Waals surface area contributed by atoms with Crippen molar-refractivity contribution in [3.05, 3.63) is 0 Å². The molecule has 0 aromatic carbocycles. The van der Waals surface area contributed by atoms with E-state index in [0.29, 0.717) is 0 Å². The van der Waals surface area contributed by atoms with Crippen LogP contribution in [0.5, 0.6) is 0 Å². The Morgan fingerprint density at radius 2 is 1.08 bits per heavy atom. The number of hydrogen-bond acceptors (Lipinski definition) is 5. The number of hydrogen-bond donors (Lipinski definition) is 4. The van der Waals surface area contributed by atoms with Crippen LogP contribution in [0.4, 0.5) is 0 Å². The molecule has 0 aliphatic heterocycles. The molecule has 2 unspecified atom stereocenters. The van der Waals surface area contributed by atoms with Gasteiger partial charge in [0.05, 0.1) is 23.5 Å². The fraction of sp³-hybridized carbons (Fsp3) is 1.00. The van der Waals surface area contributed by atoms with Crippen molar-refractivity contribution in [2.24, 2.45) is 22.9 Å². The van der Waals surface area contributed by atoms with E-state index in [-0.39, 0.29) is 12.2 Å². The van der Waals surface area contributed by atoms with E-state index in [1.165, 1.54) is 0 Å². The summed E-state index contributed by atoms with van der Waals surface area (Å²) in [4.78, 5) is 0. The summed E-state index contributed by atoms with van der Waals surface area (Å²) in [6.45, 7) is 6.97. The lowest BCUT2D eigenvalue weighted by molar-refractivity contribution is -0.0576. The van der Waals surface area contributed by atoms with Crippen LogP contribution >= 0.6 is 0 Å². The Morgan fingerprint density at radius 1 is 0.846 bits per heavy atom. The van der Waals surface area contributed by atoms with Crippen LogP contribution in [0.1, 0.15) is 27.7 Å². The van der Waals surface area contributed by atoms with Crippen LogP contribution in [-0.2, 0) is 4.74 Å². The Balaban J connectivity index is 4.15. The zero-order chi connectivity index (χ0) is 10.9. The molecule has 80 valence electrons. The van der Waals surface area contributed by atoms with E-state index >= 15 is 0 Å². The van der Waals surface area contributed by atoms with Gasteiger partial charge in [-0.2, -0.15) is 0 Å². The van der Waals surface area contributed by atoms with Crippen molar-refractivity contribution in [3.63, 3.8) is 0 Å². The maximum absolute atomic E-state index is 5.64. The third-order valence-electron chi connectivity index (χ3n) is 2.16. The average molecular weight is 190 g/mol. The van der Waals surface area contributed by atoms with Crippen molar-refractivity contribution >= 4 is 0 Å². The van der Waals surface area contributed by atoms with Crippen LogP contribution in [0.25, 0.3) is 0 Å². The Morgan fingerprint density at radius 3 is 1.23 bits per heavy atom. The summed E-state index contributed by atoms with van der Waals surface area (Å²) in [6, 6.07) is 0. The molecular formula is C8H22N4O. The fourth-order valence-electron chi connectivity index (χ4n) is 0.599. The highest BCUT2D eigenvalue weighted by Crippen LogP contribution is 2.11. The summed E-state index contributed by atoms with van der Waals surface area (Å²) in [6.07, 6.45) is -0.595. The quantitative estimate of drug-likeness (QED) is 0.427. The molecule has 5 nitrogen and oxygen atoms in total. The van der Waals surface area contributed by atoms with Gasteiger partial charge in [-0.05, 0) is 27.7 Å². The first-order valence-corrected chi connectivity index (χ1v) is 4.36. The van der Waals surface area contributed by atoms with E-state index in [1.54, 1.807) is 27.7 Å². The molecule has 2 atom stereocenters. The molecule has 0 aliphatic rings. The van der Waals surface area contributed by atoms with Crippen LogP contribution in [-0.4, -0.2) is 23.5 Å². The minimum atomic E-state index is -0.875. The molecule has 8 N–H and O–H groups in total. The first-order chi connectivity index (χ1) is 5.55. The highest BCUT2D eigenvalue weighted by atomic mass is 16.5. The second-order valence-corrected chi connectivity index (χ2v) is 4.15. The van der Waals surface area contributed by atoms with Crippen LogP contribution < -0.4 is 22.9 Å². The summed E-state index contributed by atoms with van der Waals surface area (Å²) >= 11 is 0. The summed E-state index contributed by atoms with van der Waals surface area (Å²) in [5.74, 6) is 0. The van der Waals surface area contributed by atoms with E-state index < -0.39 is 11.3 Å². The minimum Gasteiger partial charge on any atom is -0.369 e. The smallest absolute Gasteiger partial charge is 0.0874 e. The molecule has 0 aliphatic carbocycles. The fourth-order valence-corrected chi connectivity index (χ4v) is 0.599. The zero-order valence-electron chi connectivity index (χ0n) is 8.87. The molecule has 0 aromatic rings. The van der Waals surface area contributed by atoms with Gasteiger partial charge >= 0.3 is 0 Å². The Bertz CT molecular complexity index is 141. The molecule has 0 amide bonds. The Labute approximate surface area is 79.8 Å². The molecule has 0 saturated carbocycles. The van der Waals surface area contributed by atoms with Crippen molar-refractivity contribution in [3.8, 4) is 0 Å². The van der Waals surface area contributed by atoms with Crippen molar-refractivity contribution in [1.29, 1.82) is 0 Å². The number of ether oxygens (including phenoxy) is 1. The predicted molar refractivity (Wildman–Crippen MR) is 53.6 cm³/mol. The Kier molecular flexibility index (Phi) is 3.83. The van der Waals surface area contributed by atoms with Crippen molar-refractivity contribution in [2.45, 2.75) is 51.2 Å². The SMILES string of the molecule is CC(OC(C)C(C)(N)N)C(C)(N)N. The maximum atomic E-state index is 5.64. The molecule has 0 rings (SSSR count). The minimum absolute atomic E-state index is 0.297. The molecule has 0 radical (unpaired) electrons. The van der Waals surface area contributed by atoms with Gasteiger partial charge in [-0.3, -0.25) is 0 Å². The standard InChI is InChI=1S/C8H22N4O/c1-5(7(3,9)10)13-6(2)8(4,11)12/h5-6H,9-12H2,1-4H3. The lowest BCUT2D eigenvalue weighted by Gasteiger charge is -2.34. The molecule has 0 spiro atoms. The molecule has 0 fully saturated rings. The van der Waals surface area contributed by atoms with Gasteiger partial charge in [-0.25, -0.2) is 0 Å². The van der Waals surface area contributed by atoms with Crippen LogP contribution in [0.3, 0.4) is 0 Å². The molecule has 0 heterocycles. The number of rotatable bonds is 4. The van der Waals surface area contributed by atoms with Gasteiger partial charge in [-0.1, -0.05) is 0 Å². The van der Waals surface area contributed by atoms with Crippen molar-refractivity contribution in [2.75, 3.05) is 0 Å². The van der Waals surface area contributed by atoms with Gasteiger partial charge in [0.2, 0.25) is 0 Å². The molecule has 13 heavy (non-hydrogen) atoms. The normalized spacial score (nSPS) is 18.5. The molecule has 5 heteroatoms. The topological polar surface area (TPSA) is 113 Å². The summed E-state index contributed by atoms with van der Waals surface area (Å²) in [7, 11) is 0. The highest BCUT2D eigenvalue weighted by Gasteiger charge is 2.29. The summed E-state index contributed by atoms with van der Waals surface area (Å²) < 4.78 is 5.48. The second-order valence-electron chi connectivity index (χ2n) is 4.15. The summed E-state index contributed by atoms with van der Waals surface area (Å²) in [5.41, 5.74) is 20.8. The van der Waals surface area contributed by atoms with E-state index in [4.69, 9.17) is 27.7 Å². The van der Waals surface area contributed by atoms with Gasteiger partial charge in [0.25, 0.3) is 0 Å². The van der Waals surface area contributed by atoms with Crippen molar-refractivity contribution in [1.82, 2.24) is 0 Å². The first kappa shape index (κ1) is 12.8. The van der Waals surface area contributed by atoms with Gasteiger partial charge in [0, 0.05) is 0 Å². The van der Waals surface area contributed by atoms with Gasteiger partial charge in [-0.15, -0.1) is 0 Å². The van der Waals surface area contributed by atoms with E-state index in [2.05, 4.69) is 0 Å². The largest absolute Gasteiger partial charge is 0.369 e.